The minimum Gasteiger partial charge on any atom is -0.359 e. The van der Waals surface area contributed by atoms with Crippen LogP contribution in [0, 0.1) is 5.92 Å². The summed E-state index contributed by atoms with van der Waals surface area (Å²) in [6.45, 7) is 0.395. The number of hydrogen-bond donors (Lipinski definition) is 1. The van der Waals surface area contributed by atoms with Crippen LogP contribution in [0.15, 0.2) is 0 Å². The molecule has 1 rings (SSSR count). The number of piperidine rings is 1. The molecule has 0 aromatic rings. The summed E-state index contributed by atoms with van der Waals surface area (Å²) < 4.78 is 26.8. The molecule has 0 aromatic carbocycles. The van der Waals surface area contributed by atoms with Crippen LogP contribution in [0.1, 0.15) is 12.8 Å². The molecule has 0 aromatic heterocycles. The Morgan fingerprint density at radius 3 is 2.79 bits per heavy atom. The topological polar surface area (TPSA) is 32.3 Å². The molecule has 0 saturated carbocycles. The van der Waals surface area contributed by atoms with Gasteiger partial charge in [0.1, 0.15) is 0 Å². The quantitative estimate of drug-likeness (QED) is 0.721. The van der Waals surface area contributed by atoms with Gasteiger partial charge >= 0.3 is 0 Å². The van der Waals surface area contributed by atoms with Crippen molar-refractivity contribution in [1.82, 2.24) is 10.2 Å². The van der Waals surface area contributed by atoms with Crippen LogP contribution in [-0.2, 0) is 4.79 Å². The van der Waals surface area contributed by atoms with Crippen molar-refractivity contribution in [3.8, 4) is 0 Å². The Kier molecular flexibility index (Phi) is 3.42. The van der Waals surface area contributed by atoms with Gasteiger partial charge in [-0.25, -0.2) is 8.78 Å². The van der Waals surface area contributed by atoms with Gasteiger partial charge in [0.25, 0.3) is 5.92 Å². The number of hydrogen-bond acceptors (Lipinski definition) is 2. The zero-order valence-electron chi connectivity index (χ0n) is 8.52. The number of nitrogens with zero attached hydrogens (tertiary/aromatic N) is 1. The van der Waals surface area contributed by atoms with E-state index in [2.05, 4.69) is 5.32 Å². The molecular weight excluding hydrogens is 190 g/mol. The summed E-state index contributed by atoms with van der Waals surface area (Å²) in [5.74, 6) is -3.85. The molecule has 0 spiro atoms. The number of carbonyl (C=O) groups excluding carboxylic acids is 1. The molecule has 1 atom stereocenters. The van der Waals surface area contributed by atoms with Gasteiger partial charge in [-0.3, -0.25) is 4.79 Å². The first-order chi connectivity index (χ1) is 6.45. The third-order valence-corrected chi connectivity index (χ3v) is 2.65. The minimum absolute atomic E-state index is 0.0721. The second kappa shape index (κ2) is 4.21. The predicted octanol–water partition coefficient (Wildman–Crippen LogP) is 0.709. The first kappa shape index (κ1) is 11.4. The lowest BCUT2D eigenvalue weighted by molar-refractivity contribution is -0.134. The monoisotopic (exact) mass is 206 g/mol. The van der Waals surface area contributed by atoms with Crippen LogP contribution < -0.4 is 5.32 Å². The van der Waals surface area contributed by atoms with E-state index in [4.69, 9.17) is 0 Å². The fraction of sp³-hybridized carbons (Fsp3) is 0.889. The highest BCUT2D eigenvalue weighted by Gasteiger charge is 2.44. The molecule has 1 heterocycles. The van der Waals surface area contributed by atoms with E-state index in [9.17, 15) is 13.6 Å². The number of likely N-dealkylation sites (tertiary alicyclic amines) is 1. The van der Waals surface area contributed by atoms with Crippen molar-refractivity contribution in [3.63, 3.8) is 0 Å². The number of carbonyl (C=O) groups is 1. The zero-order chi connectivity index (χ0) is 10.8. The molecule has 1 amide bonds. The van der Waals surface area contributed by atoms with Gasteiger partial charge in [0.2, 0.25) is 5.91 Å². The summed E-state index contributed by atoms with van der Waals surface area (Å²) in [5, 5.41) is 2.38. The third kappa shape index (κ3) is 2.64. The molecule has 5 heteroatoms. The van der Waals surface area contributed by atoms with Crippen LogP contribution in [0.4, 0.5) is 8.78 Å². The van der Waals surface area contributed by atoms with Crippen LogP contribution in [0.25, 0.3) is 0 Å². The van der Waals surface area contributed by atoms with E-state index in [1.807, 2.05) is 0 Å². The van der Waals surface area contributed by atoms with E-state index in [-0.39, 0.29) is 18.9 Å². The standard InChI is InChI=1S/C9H16F2N2O/c1-12-8(14)5-7-3-4-13(2)6-9(7,10)11/h7H,3-6H2,1-2H3,(H,12,14). The summed E-state index contributed by atoms with van der Waals surface area (Å²) in [4.78, 5) is 12.6. The Morgan fingerprint density at radius 2 is 2.29 bits per heavy atom. The van der Waals surface area contributed by atoms with E-state index in [0.29, 0.717) is 13.0 Å². The molecular formula is C9H16F2N2O. The number of alkyl halides is 2. The van der Waals surface area contributed by atoms with Crippen molar-refractivity contribution in [2.75, 3.05) is 27.2 Å². The molecule has 1 aliphatic rings. The van der Waals surface area contributed by atoms with Crippen LogP contribution in [0.3, 0.4) is 0 Å². The van der Waals surface area contributed by atoms with Gasteiger partial charge in [-0.1, -0.05) is 0 Å². The molecule has 1 N–H and O–H groups in total. The van der Waals surface area contributed by atoms with Gasteiger partial charge in [0, 0.05) is 19.4 Å². The lowest BCUT2D eigenvalue weighted by Gasteiger charge is -2.36. The number of halogens is 2. The predicted molar refractivity (Wildman–Crippen MR) is 49.2 cm³/mol. The molecule has 82 valence electrons. The van der Waals surface area contributed by atoms with Gasteiger partial charge in [-0.05, 0) is 20.0 Å². The van der Waals surface area contributed by atoms with Crippen molar-refractivity contribution in [2.45, 2.75) is 18.8 Å². The van der Waals surface area contributed by atoms with Crippen molar-refractivity contribution >= 4 is 5.91 Å². The maximum absolute atomic E-state index is 13.4. The normalized spacial score (nSPS) is 27.3. The molecule has 0 radical (unpaired) electrons. The zero-order valence-corrected chi connectivity index (χ0v) is 8.52. The minimum atomic E-state index is -2.74. The molecule has 1 aliphatic heterocycles. The van der Waals surface area contributed by atoms with E-state index in [0.717, 1.165) is 0 Å². The lowest BCUT2D eigenvalue weighted by atomic mass is 9.90. The first-order valence-electron chi connectivity index (χ1n) is 4.72. The highest BCUT2D eigenvalue weighted by atomic mass is 19.3. The van der Waals surface area contributed by atoms with Crippen LogP contribution in [0.5, 0.6) is 0 Å². The van der Waals surface area contributed by atoms with Gasteiger partial charge in [-0.2, -0.15) is 0 Å². The summed E-state index contributed by atoms with van der Waals surface area (Å²) in [6, 6.07) is 0. The molecule has 1 unspecified atom stereocenters. The van der Waals surface area contributed by atoms with Crippen molar-refractivity contribution < 1.29 is 13.6 Å². The van der Waals surface area contributed by atoms with Crippen LogP contribution in [0.2, 0.25) is 0 Å². The number of nitrogens with one attached hydrogen (secondary N) is 1. The van der Waals surface area contributed by atoms with Crippen molar-refractivity contribution in [1.29, 1.82) is 0 Å². The summed E-state index contributed by atoms with van der Waals surface area (Å²) >= 11 is 0. The van der Waals surface area contributed by atoms with Crippen LogP contribution >= 0.6 is 0 Å². The van der Waals surface area contributed by atoms with Gasteiger partial charge in [-0.15, -0.1) is 0 Å². The van der Waals surface area contributed by atoms with E-state index in [1.54, 1.807) is 11.9 Å². The van der Waals surface area contributed by atoms with Crippen molar-refractivity contribution in [2.24, 2.45) is 5.92 Å². The SMILES string of the molecule is CNC(=O)CC1CCN(C)CC1(F)F. The largest absolute Gasteiger partial charge is 0.359 e. The maximum Gasteiger partial charge on any atom is 0.263 e. The Balaban J connectivity index is 2.56. The summed E-state index contributed by atoms with van der Waals surface area (Å²) in [7, 11) is 3.14. The molecule has 0 aliphatic carbocycles. The average Bonchev–Trinajstić information content (AvgIpc) is 2.08. The van der Waals surface area contributed by atoms with Crippen LogP contribution in [-0.4, -0.2) is 43.9 Å². The number of amides is 1. The lowest BCUT2D eigenvalue weighted by Crippen LogP contribution is -2.48. The van der Waals surface area contributed by atoms with Gasteiger partial charge in [0.05, 0.1) is 6.54 Å². The molecule has 1 saturated heterocycles. The molecule has 0 bridgehead atoms. The van der Waals surface area contributed by atoms with E-state index >= 15 is 0 Å². The Bertz CT molecular complexity index is 221. The highest BCUT2D eigenvalue weighted by Crippen LogP contribution is 2.34. The smallest absolute Gasteiger partial charge is 0.263 e. The number of rotatable bonds is 2. The van der Waals surface area contributed by atoms with Gasteiger partial charge in [0.15, 0.2) is 0 Å². The highest BCUT2D eigenvalue weighted by molar-refractivity contribution is 5.75. The maximum atomic E-state index is 13.4. The second-order valence-electron chi connectivity index (χ2n) is 3.86. The Labute approximate surface area is 82.5 Å². The Hall–Kier alpha value is -0.710. The summed E-state index contributed by atoms with van der Waals surface area (Å²) in [5.41, 5.74) is 0. The van der Waals surface area contributed by atoms with Gasteiger partial charge < -0.3 is 10.2 Å². The fourth-order valence-electron chi connectivity index (χ4n) is 1.73. The fourth-order valence-corrected chi connectivity index (χ4v) is 1.73. The first-order valence-corrected chi connectivity index (χ1v) is 4.72. The second-order valence-corrected chi connectivity index (χ2v) is 3.86. The van der Waals surface area contributed by atoms with E-state index in [1.165, 1.54) is 7.05 Å². The molecule has 3 nitrogen and oxygen atoms in total. The van der Waals surface area contributed by atoms with Crippen molar-refractivity contribution in [3.05, 3.63) is 0 Å². The Morgan fingerprint density at radius 1 is 1.64 bits per heavy atom. The third-order valence-electron chi connectivity index (χ3n) is 2.65. The summed E-state index contributed by atoms with van der Waals surface area (Å²) in [6.07, 6.45) is 0.314. The average molecular weight is 206 g/mol. The molecule has 1 fully saturated rings. The molecule has 14 heavy (non-hydrogen) atoms. The van der Waals surface area contributed by atoms with E-state index < -0.39 is 11.8 Å².